The first-order valence-electron chi connectivity index (χ1n) is 13.3. The smallest absolute Gasteiger partial charge is 0.415 e. The maximum atomic E-state index is 12.4. The van der Waals surface area contributed by atoms with Crippen LogP contribution in [0.15, 0.2) is 48.7 Å². The van der Waals surface area contributed by atoms with Crippen LogP contribution in [0.1, 0.15) is 45.7 Å². The molecule has 39 heavy (non-hydrogen) atoms. The van der Waals surface area contributed by atoms with Gasteiger partial charge < -0.3 is 25.0 Å². The third-order valence-electron chi connectivity index (χ3n) is 6.92. The number of carbonyl (C=O) groups excluding carboxylic acids is 1. The van der Waals surface area contributed by atoms with E-state index in [2.05, 4.69) is 60.3 Å². The van der Waals surface area contributed by atoms with Gasteiger partial charge in [0.2, 0.25) is 5.95 Å². The number of aromatic nitrogens is 3. The molecule has 2 aliphatic rings. The van der Waals surface area contributed by atoms with E-state index in [4.69, 9.17) is 19.4 Å². The Morgan fingerprint density at radius 1 is 1.13 bits per heavy atom. The Labute approximate surface area is 229 Å². The normalized spacial score (nSPS) is 20.8. The van der Waals surface area contributed by atoms with Gasteiger partial charge in [-0.1, -0.05) is 25.1 Å². The lowest BCUT2D eigenvalue weighted by atomic mass is 9.87. The molecule has 0 spiro atoms. The number of fused-ring (bicyclic) bond motifs is 1. The standard InChI is InChI=1S/C29H37N7O3/c1-19-16-38-27(37)36(19)24-9-7-8-23(33-24)35-17-29(5,18-39-28(2,3)4)22-15-31-26(34-25(22)35)32-21-12-10-20(11-13-21)14-30-6/h7-13,15,19,30H,14,16-18H2,1-6H3,(H,31,32,34). The van der Waals surface area contributed by atoms with E-state index < -0.39 is 0 Å². The van der Waals surface area contributed by atoms with Gasteiger partial charge in [-0.2, -0.15) is 4.98 Å². The number of carbonyl (C=O) groups is 1. The summed E-state index contributed by atoms with van der Waals surface area (Å²) >= 11 is 0. The zero-order chi connectivity index (χ0) is 27.8. The average Bonchev–Trinajstić information content (AvgIpc) is 3.39. The number of nitrogens with zero attached hydrogens (tertiary/aromatic N) is 5. The summed E-state index contributed by atoms with van der Waals surface area (Å²) in [6.07, 6.45) is 1.50. The molecule has 5 rings (SSSR count). The van der Waals surface area contributed by atoms with Gasteiger partial charge in [-0.25, -0.2) is 14.8 Å². The van der Waals surface area contributed by atoms with E-state index in [-0.39, 0.29) is 23.2 Å². The van der Waals surface area contributed by atoms with Crippen LogP contribution in [-0.4, -0.2) is 59.5 Å². The minimum atomic E-state index is -0.382. The molecule has 1 saturated heterocycles. The van der Waals surface area contributed by atoms with Crippen molar-refractivity contribution in [1.82, 2.24) is 20.3 Å². The Kier molecular flexibility index (Phi) is 7.17. The van der Waals surface area contributed by atoms with E-state index in [0.717, 1.165) is 23.6 Å². The lowest BCUT2D eigenvalue weighted by molar-refractivity contribution is -0.0252. The summed E-state index contributed by atoms with van der Waals surface area (Å²) in [5.74, 6) is 2.51. The van der Waals surface area contributed by atoms with Gasteiger partial charge in [0.15, 0.2) is 0 Å². The van der Waals surface area contributed by atoms with Crippen LogP contribution in [-0.2, 0) is 21.4 Å². The summed E-state index contributed by atoms with van der Waals surface area (Å²) in [6, 6.07) is 13.8. The highest BCUT2D eigenvalue weighted by Gasteiger charge is 2.43. The number of cyclic esters (lactones) is 1. The third-order valence-corrected chi connectivity index (χ3v) is 6.92. The number of anilines is 5. The molecule has 1 amide bonds. The molecule has 1 aromatic carbocycles. The van der Waals surface area contributed by atoms with E-state index >= 15 is 0 Å². The molecule has 0 aliphatic carbocycles. The van der Waals surface area contributed by atoms with Gasteiger partial charge in [0, 0.05) is 36.0 Å². The highest BCUT2D eigenvalue weighted by atomic mass is 16.6. The van der Waals surface area contributed by atoms with Gasteiger partial charge in [-0.05, 0) is 64.6 Å². The quantitative estimate of drug-likeness (QED) is 0.420. The molecule has 10 nitrogen and oxygen atoms in total. The first kappa shape index (κ1) is 26.8. The summed E-state index contributed by atoms with van der Waals surface area (Å²) in [6.45, 7) is 12.5. The Morgan fingerprint density at radius 3 is 2.54 bits per heavy atom. The molecule has 2 N–H and O–H groups in total. The van der Waals surface area contributed by atoms with Crippen LogP contribution in [0.4, 0.5) is 33.9 Å². The fraction of sp³-hybridized carbons (Fsp3) is 0.448. The number of nitrogens with one attached hydrogen (secondary N) is 2. The minimum absolute atomic E-state index is 0.0887. The van der Waals surface area contributed by atoms with Crippen LogP contribution in [0.3, 0.4) is 0 Å². The van der Waals surface area contributed by atoms with Gasteiger partial charge >= 0.3 is 6.09 Å². The van der Waals surface area contributed by atoms with Crippen molar-refractivity contribution in [2.24, 2.45) is 0 Å². The monoisotopic (exact) mass is 531 g/mol. The number of pyridine rings is 1. The first-order valence-corrected chi connectivity index (χ1v) is 13.3. The first-order chi connectivity index (χ1) is 18.6. The highest BCUT2D eigenvalue weighted by molar-refractivity contribution is 5.89. The molecule has 2 aliphatic heterocycles. The van der Waals surface area contributed by atoms with Crippen molar-refractivity contribution in [1.29, 1.82) is 0 Å². The Morgan fingerprint density at radius 2 is 1.87 bits per heavy atom. The predicted molar refractivity (Wildman–Crippen MR) is 152 cm³/mol. The number of amides is 1. The van der Waals surface area contributed by atoms with Crippen molar-refractivity contribution in [3.63, 3.8) is 0 Å². The number of rotatable bonds is 8. The number of ether oxygens (including phenoxy) is 2. The van der Waals surface area contributed by atoms with Gasteiger partial charge in [-0.15, -0.1) is 0 Å². The second kappa shape index (κ2) is 10.4. The number of hydrogen-bond acceptors (Lipinski definition) is 9. The fourth-order valence-electron chi connectivity index (χ4n) is 4.83. The van der Waals surface area contributed by atoms with Crippen LogP contribution in [0, 0.1) is 0 Å². The highest BCUT2D eigenvalue weighted by Crippen LogP contribution is 2.44. The summed E-state index contributed by atoms with van der Waals surface area (Å²) in [4.78, 5) is 30.5. The fourth-order valence-corrected chi connectivity index (χ4v) is 4.83. The topological polar surface area (TPSA) is 105 Å². The third kappa shape index (κ3) is 5.67. The van der Waals surface area contributed by atoms with Crippen LogP contribution >= 0.6 is 0 Å². The maximum absolute atomic E-state index is 12.4. The van der Waals surface area contributed by atoms with Crippen LogP contribution in [0.2, 0.25) is 0 Å². The van der Waals surface area contributed by atoms with E-state index in [9.17, 15) is 4.79 Å². The molecule has 0 saturated carbocycles. The van der Waals surface area contributed by atoms with Crippen LogP contribution in [0.5, 0.6) is 0 Å². The molecule has 206 valence electrons. The Bertz CT molecular complexity index is 1340. The molecular formula is C29H37N7O3. The van der Waals surface area contributed by atoms with Gasteiger partial charge in [-0.3, -0.25) is 4.90 Å². The van der Waals surface area contributed by atoms with Crippen LogP contribution < -0.4 is 20.4 Å². The zero-order valence-corrected chi connectivity index (χ0v) is 23.5. The van der Waals surface area contributed by atoms with E-state index in [1.165, 1.54) is 5.56 Å². The Balaban J connectivity index is 1.49. The molecule has 0 bridgehead atoms. The van der Waals surface area contributed by atoms with Gasteiger partial charge in [0.25, 0.3) is 0 Å². The lowest BCUT2D eigenvalue weighted by Crippen LogP contribution is -2.37. The van der Waals surface area contributed by atoms with E-state index in [0.29, 0.717) is 37.3 Å². The molecule has 2 atom stereocenters. The molecule has 2 unspecified atom stereocenters. The summed E-state index contributed by atoms with van der Waals surface area (Å²) < 4.78 is 11.5. The molecule has 0 radical (unpaired) electrons. The molecule has 3 aromatic rings. The van der Waals surface area contributed by atoms with E-state index in [1.54, 1.807) is 4.90 Å². The van der Waals surface area contributed by atoms with E-state index in [1.807, 2.05) is 50.5 Å². The molecule has 2 aromatic heterocycles. The van der Waals surface area contributed by atoms with Crippen LogP contribution in [0.25, 0.3) is 0 Å². The largest absolute Gasteiger partial charge is 0.447 e. The molecule has 1 fully saturated rings. The van der Waals surface area contributed by atoms with Crippen molar-refractivity contribution in [2.45, 2.75) is 58.2 Å². The van der Waals surface area contributed by atoms with Crippen molar-refractivity contribution in [2.75, 3.05) is 41.9 Å². The van der Waals surface area contributed by atoms with Gasteiger partial charge in [0.05, 0.1) is 18.2 Å². The summed E-state index contributed by atoms with van der Waals surface area (Å²) in [5, 5.41) is 6.50. The second-order valence-electron chi connectivity index (χ2n) is 11.5. The summed E-state index contributed by atoms with van der Waals surface area (Å²) in [5.41, 5.74) is 2.43. The average molecular weight is 532 g/mol. The molecular weight excluding hydrogens is 494 g/mol. The lowest BCUT2D eigenvalue weighted by Gasteiger charge is -2.30. The second-order valence-corrected chi connectivity index (χ2v) is 11.5. The van der Waals surface area contributed by atoms with Crippen molar-refractivity contribution in [3.8, 4) is 0 Å². The number of hydrogen-bond donors (Lipinski definition) is 2. The number of benzene rings is 1. The maximum Gasteiger partial charge on any atom is 0.415 e. The minimum Gasteiger partial charge on any atom is -0.447 e. The van der Waals surface area contributed by atoms with Crippen molar-refractivity contribution < 1.29 is 14.3 Å². The Hall–Kier alpha value is -3.76. The van der Waals surface area contributed by atoms with Crippen molar-refractivity contribution in [3.05, 3.63) is 59.8 Å². The predicted octanol–water partition coefficient (Wildman–Crippen LogP) is 4.90. The van der Waals surface area contributed by atoms with Crippen molar-refractivity contribution >= 4 is 35.2 Å². The molecule has 4 heterocycles. The SMILES string of the molecule is CNCc1ccc(Nc2ncc3c(n2)N(c2cccc(N4C(=O)OCC4C)n2)CC3(C)COC(C)(C)C)cc1. The molecule has 10 heteroatoms. The van der Waals surface area contributed by atoms with Gasteiger partial charge in [0.1, 0.15) is 24.1 Å². The summed E-state index contributed by atoms with van der Waals surface area (Å²) in [7, 11) is 1.93. The zero-order valence-electron chi connectivity index (χ0n) is 23.5.